The molecule has 4 N–H and O–H groups in total. The second-order valence-electron chi connectivity index (χ2n) is 4.12. The van der Waals surface area contributed by atoms with Gasteiger partial charge in [-0.2, -0.15) is 18.2 Å². The summed E-state index contributed by atoms with van der Waals surface area (Å²) in [6.07, 6.45) is -4.29. The molecule has 0 atom stereocenters. The molecule has 2 heterocycles. The highest BCUT2D eigenvalue weighted by Gasteiger charge is 2.26. The fourth-order valence-electron chi connectivity index (χ4n) is 1.67. The van der Waals surface area contributed by atoms with Gasteiger partial charge < -0.3 is 5.32 Å². The topological polar surface area (TPSA) is 75.9 Å². The van der Waals surface area contributed by atoms with Crippen molar-refractivity contribution in [3.8, 4) is 0 Å². The van der Waals surface area contributed by atoms with Crippen molar-refractivity contribution in [2.45, 2.75) is 25.9 Å². The molecule has 0 bridgehead atoms. The Balaban J connectivity index is 2.27. The average molecular weight is 305 g/mol. The molecular weight excluding hydrogens is 291 g/mol. The summed E-state index contributed by atoms with van der Waals surface area (Å²) in [5.74, 6) is 5.81. The molecule has 0 fully saturated rings. The molecular formula is C11H14F3N5S. The van der Waals surface area contributed by atoms with E-state index in [1.165, 1.54) is 11.3 Å². The first kappa shape index (κ1) is 14.8. The Bertz CT molecular complexity index is 595. The smallest absolute Gasteiger partial charge is 0.369 e. The summed E-state index contributed by atoms with van der Waals surface area (Å²) < 4.78 is 36.5. The van der Waals surface area contributed by atoms with Gasteiger partial charge in [0.15, 0.2) is 0 Å². The van der Waals surface area contributed by atoms with Crippen molar-refractivity contribution in [2.75, 3.05) is 17.3 Å². The van der Waals surface area contributed by atoms with E-state index in [0.717, 1.165) is 11.3 Å². The number of nitrogen functional groups attached to an aromatic ring is 1. The van der Waals surface area contributed by atoms with E-state index in [2.05, 4.69) is 20.7 Å². The van der Waals surface area contributed by atoms with Gasteiger partial charge in [-0.3, -0.25) is 5.43 Å². The van der Waals surface area contributed by atoms with Crippen LogP contribution in [0.1, 0.15) is 18.2 Å². The number of alkyl halides is 3. The SMILES string of the molecule is CCc1cc2c(NCCC(F)(F)F)nc(NN)nc2s1. The van der Waals surface area contributed by atoms with E-state index < -0.39 is 12.6 Å². The molecule has 0 aliphatic carbocycles. The van der Waals surface area contributed by atoms with Gasteiger partial charge in [-0.15, -0.1) is 11.3 Å². The number of thiophene rings is 1. The zero-order valence-electron chi connectivity index (χ0n) is 10.7. The molecule has 0 unspecified atom stereocenters. The van der Waals surface area contributed by atoms with Crippen molar-refractivity contribution in [2.24, 2.45) is 5.84 Å². The highest BCUT2D eigenvalue weighted by molar-refractivity contribution is 7.18. The Morgan fingerprint density at radius 3 is 2.70 bits per heavy atom. The maximum atomic E-state index is 12.2. The summed E-state index contributed by atoms with van der Waals surface area (Å²) in [6, 6.07) is 1.89. The van der Waals surface area contributed by atoms with E-state index in [4.69, 9.17) is 5.84 Å². The highest BCUT2D eigenvalue weighted by Crippen LogP contribution is 2.30. The number of hydrazine groups is 1. The predicted molar refractivity (Wildman–Crippen MR) is 73.8 cm³/mol. The van der Waals surface area contributed by atoms with E-state index in [9.17, 15) is 13.2 Å². The van der Waals surface area contributed by atoms with Crippen molar-refractivity contribution in [3.05, 3.63) is 10.9 Å². The Labute approximate surface area is 117 Å². The number of nitrogens with zero attached hydrogens (tertiary/aromatic N) is 2. The Morgan fingerprint density at radius 1 is 1.35 bits per heavy atom. The molecule has 110 valence electrons. The number of aryl methyl sites for hydroxylation is 1. The van der Waals surface area contributed by atoms with Crippen LogP contribution in [0.5, 0.6) is 0 Å². The molecule has 20 heavy (non-hydrogen) atoms. The highest BCUT2D eigenvalue weighted by atomic mass is 32.1. The quantitative estimate of drug-likeness (QED) is 0.585. The lowest BCUT2D eigenvalue weighted by atomic mass is 10.3. The fraction of sp³-hybridized carbons (Fsp3) is 0.455. The first-order chi connectivity index (χ1) is 9.43. The van der Waals surface area contributed by atoms with Crippen LogP contribution in [0.4, 0.5) is 24.9 Å². The maximum absolute atomic E-state index is 12.2. The van der Waals surface area contributed by atoms with Gasteiger partial charge in [-0.05, 0) is 12.5 Å². The van der Waals surface area contributed by atoms with E-state index in [0.29, 0.717) is 16.0 Å². The molecule has 2 aromatic heterocycles. The normalized spacial score (nSPS) is 11.8. The summed E-state index contributed by atoms with van der Waals surface area (Å²) in [7, 11) is 0. The lowest BCUT2D eigenvalue weighted by molar-refractivity contribution is -0.131. The van der Waals surface area contributed by atoms with Gasteiger partial charge in [0, 0.05) is 11.4 Å². The molecule has 0 aliphatic rings. The lowest BCUT2D eigenvalue weighted by Gasteiger charge is -2.10. The Morgan fingerprint density at radius 2 is 2.10 bits per heavy atom. The van der Waals surface area contributed by atoms with Crippen molar-refractivity contribution < 1.29 is 13.2 Å². The molecule has 0 amide bonds. The molecule has 0 aromatic carbocycles. The predicted octanol–water partition coefficient (Wildman–Crippen LogP) is 2.90. The van der Waals surface area contributed by atoms with E-state index in [1.54, 1.807) is 0 Å². The van der Waals surface area contributed by atoms with Gasteiger partial charge >= 0.3 is 6.18 Å². The van der Waals surface area contributed by atoms with Crippen LogP contribution in [0.15, 0.2) is 6.07 Å². The van der Waals surface area contributed by atoms with Crippen molar-refractivity contribution in [3.63, 3.8) is 0 Å². The van der Waals surface area contributed by atoms with Crippen LogP contribution < -0.4 is 16.6 Å². The molecule has 0 saturated heterocycles. The van der Waals surface area contributed by atoms with Crippen LogP contribution in [0.3, 0.4) is 0 Å². The van der Waals surface area contributed by atoms with Crippen LogP contribution in [0.25, 0.3) is 10.2 Å². The van der Waals surface area contributed by atoms with E-state index in [1.807, 2.05) is 13.0 Å². The van der Waals surface area contributed by atoms with Crippen LogP contribution in [0, 0.1) is 0 Å². The number of hydrogen-bond acceptors (Lipinski definition) is 6. The van der Waals surface area contributed by atoms with Crippen molar-refractivity contribution in [1.29, 1.82) is 0 Å². The molecule has 9 heteroatoms. The van der Waals surface area contributed by atoms with E-state index >= 15 is 0 Å². The number of nitrogens with one attached hydrogen (secondary N) is 2. The van der Waals surface area contributed by atoms with Crippen LogP contribution in [-0.2, 0) is 6.42 Å². The average Bonchev–Trinajstić information content (AvgIpc) is 2.80. The standard InChI is InChI=1S/C11H14F3N5S/c1-2-6-5-7-8(16-4-3-11(12,13)14)17-10(19-15)18-9(7)20-6/h5H,2-4,15H2,1H3,(H2,16,17,18,19). The van der Waals surface area contributed by atoms with Crippen LogP contribution >= 0.6 is 11.3 Å². The summed E-state index contributed by atoms with van der Waals surface area (Å²) >= 11 is 1.47. The molecule has 2 aromatic rings. The number of nitrogens with two attached hydrogens (primary N) is 1. The molecule has 2 rings (SSSR count). The molecule has 0 spiro atoms. The third-order valence-corrected chi connectivity index (χ3v) is 3.80. The summed E-state index contributed by atoms with van der Waals surface area (Å²) in [5, 5.41) is 3.41. The largest absolute Gasteiger partial charge is 0.390 e. The van der Waals surface area contributed by atoms with Gasteiger partial charge in [0.25, 0.3) is 0 Å². The first-order valence-electron chi connectivity index (χ1n) is 6.00. The van der Waals surface area contributed by atoms with E-state index in [-0.39, 0.29) is 12.5 Å². The van der Waals surface area contributed by atoms with Gasteiger partial charge in [0.1, 0.15) is 10.6 Å². The van der Waals surface area contributed by atoms with Crippen molar-refractivity contribution in [1.82, 2.24) is 9.97 Å². The second kappa shape index (κ2) is 5.80. The third kappa shape index (κ3) is 3.48. The van der Waals surface area contributed by atoms with Crippen LogP contribution in [0.2, 0.25) is 0 Å². The molecule has 0 saturated carbocycles. The minimum Gasteiger partial charge on any atom is -0.369 e. The third-order valence-electron chi connectivity index (χ3n) is 2.62. The Hall–Kier alpha value is -1.61. The summed E-state index contributed by atoms with van der Waals surface area (Å²) in [5.41, 5.74) is 2.32. The minimum absolute atomic E-state index is 0.177. The fourth-order valence-corrected chi connectivity index (χ4v) is 2.63. The number of halogens is 3. The summed E-state index contributed by atoms with van der Waals surface area (Å²) in [6.45, 7) is 1.76. The molecule has 0 radical (unpaired) electrons. The van der Waals surface area contributed by atoms with Gasteiger partial charge in [-0.1, -0.05) is 6.92 Å². The molecule has 5 nitrogen and oxygen atoms in total. The number of fused-ring (bicyclic) bond motifs is 1. The summed E-state index contributed by atoms with van der Waals surface area (Å²) in [4.78, 5) is 10.0. The monoisotopic (exact) mass is 305 g/mol. The number of hydrogen-bond donors (Lipinski definition) is 3. The zero-order chi connectivity index (χ0) is 14.8. The maximum Gasteiger partial charge on any atom is 0.390 e. The van der Waals surface area contributed by atoms with Gasteiger partial charge in [0.2, 0.25) is 5.95 Å². The number of rotatable bonds is 5. The van der Waals surface area contributed by atoms with Crippen molar-refractivity contribution >= 4 is 33.3 Å². The van der Waals surface area contributed by atoms with Gasteiger partial charge in [0.05, 0.1) is 11.8 Å². The zero-order valence-corrected chi connectivity index (χ0v) is 11.5. The number of aromatic nitrogens is 2. The minimum atomic E-state index is -4.20. The molecule has 0 aliphatic heterocycles. The number of anilines is 2. The van der Waals surface area contributed by atoms with Crippen LogP contribution in [-0.4, -0.2) is 22.7 Å². The lowest BCUT2D eigenvalue weighted by Crippen LogP contribution is -2.16. The Kier molecular flexibility index (Phi) is 4.29. The van der Waals surface area contributed by atoms with Gasteiger partial charge in [-0.25, -0.2) is 10.8 Å². The first-order valence-corrected chi connectivity index (χ1v) is 6.82. The second-order valence-corrected chi connectivity index (χ2v) is 5.23.